The summed E-state index contributed by atoms with van der Waals surface area (Å²) in [6, 6.07) is 0. The van der Waals surface area contributed by atoms with Crippen LogP contribution in [0.4, 0.5) is 0 Å². The second-order valence-electron chi connectivity index (χ2n) is 1.79. The molecule has 2 radical (unpaired) electrons. The molecule has 0 aromatic rings. The Morgan fingerprint density at radius 3 is 2.00 bits per heavy atom. The van der Waals surface area contributed by atoms with Crippen LogP contribution < -0.4 is 5.32 Å². The summed E-state index contributed by atoms with van der Waals surface area (Å²) < 4.78 is 0. The minimum Gasteiger partial charge on any atom is -0.351 e. The second kappa shape index (κ2) is 4.39. The molecule has 4 heteroatoms. The van der Waals surface area contributed by atoms with Gasteiger partial charge in [0.1, 0.15) is 0 Å². The summed E-state index contributed by atoms with van der Waals surface area (Å²) in [5, 5.41) is 3.19. The number of piperazine rings is 1. The van der Waals surface area contributed by atoms with E-state index in [9.17, 15) is 0 Å². The monoisotopic (exact) mass is 152 g/mol. The average Bonchev–Trinajstić information content (AvgIpc) is 1.69. The van der Waals surface area contributed by atoms with Crippen LogP contribution in [0.15, 0.2) is 0 Å². The SMILES string of the molecule is [B]N1CCNCC1.[Fe]. The van der Waals surface area contributed by atoms with Crippen LogP contribution in [-0.2, 0) is 17.1 Å². The van der Waals surface area contributed by atoms with Crippen molar-refractivity contribution in [1.29, 1.82) is 0 Å². The topological polar surface area (TPSA) is 15.3 Å². The standard InChI is InChI=1S/C4H9BN2.Fe/c5-7-3-1-6-2-4-7;/h6H,1-4H2;. The predicted molar refractivity (Wildman–Crippen MR) is 30.2 cm³/mol. The minimum atomic E-state index is 0. The van der Waals surface area contributed by atoms with Gasteiger partial charge in [0.25, 0.3) is 0 Å². The van der Waals surface area contributed by atoms with E-state index in [1.54, 1.807) is 0 Å². The minimum absolute atomic E-state index is 0. The third kappa shape index (κ3) is 2.72. The van der Waals surface area contributed by atoms with E-state index in [1.807, 2.05) is 4.81 Å². The van der Waals surface area contributed by atoms with Crippen LogP contribution in [0, 0.1) is 0 Å². The van der Waals surface area contributed by atoms with Crippen molar-refractivity contribution >= 4 is 7.98 Å². The zero-order valence-electron chi connectivity index (χ0n) is 4.71. The first-order chi connectivity index (χ1) is 3.39. The van der Waals surface area contributed by atoms with Crippen molar-refractivity contribution in [2.45, 2.75) is 0 Å². The Bertz CT molecular complexity index is 56.0. The van der Waals surface area contributed by atoms with E-state index in [4.69, 9.17) is 7.98 Å². The molecule has 0 saturated carbocycles. The third-order valence-electron chi connectivity index (χ3n) is 1.15. The molecule has 0 aliphatic carbocycles. The van der Waals surface area contributed by atoms with Gasteiger partial charge in [-0.05, 0) is 13.1 Å². The average molecular weight is 152 g/mol. The molecule has 8 heavy (non-hydrogen) atoms. The van der Waals surface area contributed by atoms with Crippen LogP contribution in [0.1, 0.15) is 0 Å². The molecule has 1 N–H and O–H groups in total. The zero-order valence-corrected chi connectivity index (χ0v) is 5.81. The van der Waals surface area contributed by atoms with Gasteiger partial charge in [-0.15, -0.1) is 0 Å². The Kier molecular flexibility index (Phi) is 4.67. The van der Waals surface area contributed by atoms with Gasteiger partial charge in [-0.3, -0.25) is 0 Å². The molecule has 0 aromatic carbocycles. The fraction of sp³-hybridized carbons (Fsp3) is 1.00. The smallest absolute Gasteiger partial charge is 0.182 e. The number of nitrogens with zero attached hydrogens (tertiary/aromatic N) is 1. The Morgan fingerprint density at radius 1 is 1.25 bits per heavy atom. The Balaban J connectivity index is 0.000000490. The van der Waals surface area contributed by atoms with Crippen molar-refractivity contribution in [2.24, 2.45) is 0 Å². The Hall–Kier alpha value is 0.504. The van der Waals surface area contributed by atoms with Gasteiger partial charge in [0.05, 0.1) is 0 Å². The predicted octanol–water partition coefficient (Wildman–Crippen LogP) is -1.03. The van der Waals surface area contributed by atoms with Gasteiger partial charge in [-0.25, -0.2) is 0 Å². The van der Waals surface area contributed by atoms with E-state index in [0.29, 0.717) is 0 Å². The molecule has 46 valence electrons. The van der Waals surface area contributed by atoms with Gasteiger partial charge in [0.2, 0.25) is 0 Å². The van der Waals surface area contributed by atoms with Gasteiger partial charge in [-0.1, -0.05) is 0 Å². The van der Waals surface area contributed by atoms with Gasteiger partial charge in [0.15, 0.2) is 7.98 Å². The van der Waals surface area contributed by atoms with E-state index in [0.717, 1.165) is 26.2 Å². The molecule has 1 heterocycles. The van der Waals surface area contributed by atoms with Crippen molar-refractivity contribution in [3.05, 3.63) is 0 Å². The molecule has 0 unspecified atom stereocenters. The number of rotatable bonds is 0. The molecule has 0 amide bonds. The first-order valence-corrected chi connectivity index (χ1v) is 2.60. The molecule has 0 atom stereocenters. The van der Waals surface area contributed by atoms with E-state index in [1.165, 1.54) is 0 Å². The van der Waals surface area contributed by atoms with Crippen molar-refractivity contribution in [3.8, 4) is 0 Å². The summed E-state index contributed by atoms with van der Waals surface area (Å²) in [6.07, 6.45) is 0. The maximum Gasteiger partial charge on any atom is 0.182 e. The molecule has 1 fully saturated rings. The zero-order chi connectivity index (χ0) is 5.11. The van der Waals surface area contributed by atoms with Crippen LogP contribution in [0.2, 0.25) is 0 Å². The van der Waals surface area contributed by atoms with Crippen molar-refractivity contribution in [1.82, 2.24) is 10.1 Å². The summed E-state index contributed by atoms with van der Waals surface area (Å²) in [7, 11) is 5.43. The summed E-state index contributed by atoms with van der Waals surface area (Å²) in [5.41, 5.74) is 0. The van der Waals surface area contributed by atoms with E-state index in [2.05, 4.69) is 5.32 Å². The van der Waals surface area contributed by atoms with Crippen LogP contribution in [0.25, 0.3) is 0 Å². The van der Waals surface area contributed by atoms with E-state index >= 15 is 0 Å². The number of hydrogen-bond donors (Lipinski definition) is 1. The van der Waals surface area contributed by atoms with Crippen molar-refractivity contribution in [2.75, 3.05) is 26.2 Å². The molecular formula is C4H9BFeN2. The van der Waals surface area contributed by atoms with E-state index in [-0.39, 0.29) is 17.1 Å². The van der Waals surface area contributed by atoms with Gasteiger partial charge >= 0.3 is 0 Å². The molecule has 1 rings (SSSR count). The molecule has 1 aliphatic heterocycles. The van der Waals surface area contributed by atoms with Gasteiger partial charge in [-0.2, -0.15) is 0 Å². The maximum absolute atomic E-state index is 5.43. The van der Waals surface area contributed by atoms with Crippen molar-refractivity contribution < 1.29 is 17.1 Å². The Labute approximate surface area is 61.9 Å². The molecule has 1 saturated heterocycles. The number of nitrogens with one attached hydrogen (secondary N) is 1. The largest absolute Gasteiger partial charge is 0.351 e. The third-order valence-corrected chi connectivity index (χ3v) is 1.15. The number of hydrogen-bond acceptors (Lipinski definition) is 2. The fourth-order valence-corrected chi connectivity index (χ4v) is 0.682. The molecule has 2 nitrogen and oxygen atoms in total. The molecular weight excluding hydrogens is 143 g/mol. The fourth-order valence-electron chi connectivity index (χ4n) is 0.682. The molecule has 0 spiro atoms. The van der Waals surface area contributed by atoms with Crippen LogP contribution in [0.3, 0.4) is 0 Å². The first kappa shape index (κ1) is 8.50. The van der Waals surface area contributed by atoms with Crippen molar-refractivity contribution in [3.63, 3.8) is 0 Å². The van der Waals surface area contributed by atoms with Gasteiger partial charge in [0, 0.05) is 30.2 Å². The summed E-state index contributed by atoms with van der Waals surface area (Å²) in [6.45, 7) is 4.05. The van der Waals surface area contributed by atoms with Crippen LogP contribution in [0.5, 0.6) is 0 Å². The summed E-state index contributed by atoms with van der Waals surface area (Å²) >= 11 is 0. The summed E-state index contributed by atoms with van der Waals surface area (Å²) in [4.78, 5) is 1.83. The Morgan fingerprint density at radius 2 is 1.75 bits per heavy atom. The molecule has 0 bridgehead atoms. The first-order valence-electron chi connectivity index (χ1n) is 2.60. The van der Waals surface area contributed by atoms with Gasteiger partial charge < -0.3 is 10.1 Å². The molecule has 0 aromatic heterocycles. The normalized spacial score (nSPS) is 22.0. The van der Waals surface area contributed by atoms with Crippen LogP contribution >= 0.6 is 0 Å². The summed E-state index contributed by atoms with van der Waals surface area (Å²) in [5.74, 6) is 0. The quantitative estimate of drug-likeness (QED) is 0.446. The van der Waals surface area contributed by atoms with E-state index < -0.39 is 0 Å². The molecule has 1 aliphatic rings. The maximum atomic E-state index is 5.43. The second-order valence-corrected chi connectivity index (χ2v) is 1.79. The van der Waals surface area contributed by atoms with Crippen LogP contribution in [-0.4, -0.2) is 39.0 Å².